The highest BCUT2D eigenvalue weighted by Gasteiger charge is 2.37. The van der Waals surface area contributed by atoms with Crippen molar-refractivity contribution in [3.63, 3.8) is 0 Å². The van der Waals surface area contributed by atoms with Crippen LogP contribution in [0.15, 0.2) is 0 Å². The number of nitrogens with one attached hydrogen (secondary N) is 1. The van der Waals surface area contributed by atoms with Gasteiger partial charge in [0.2, 0.25) is 0 Å². The summed E-state index contributed by atoms with van der Waals surface area (Å²) in [5.74, 6) is -2.06. The molecule has 4 nitrogen and oxygen atoms in total. The Labute approximate surface area is 115 Å². The number of hydrogen-bond acceptors (Lipinski definition) is 2. The summed E-state index contributed by atoms with van der Waals surface area (Å²) in [7, 11) is 0. The van der Waals surface area contributed by atoms with E-state index in [9.17, 15) is 9.59 Å². The highest BCUT2D eigenvalue weighted by atomic mass is 35.6. The van der Waals surface area contributed by atoms with Gasteiger partial charge in [0.05, 0.1) is 0 Å². The Morgan fingerprint density at radius 3 is 2.12 bits per heavy atom. The largest absolute Gasteiger partial charge is 0.480 e. The van der Waals surface area contributed by atoms with Crippen LogP contribution in [-0.2, 0) is 9.59 Å². The maximum atomic E-state index is 11.5. The van der Waals surface area contributed by atoms with Gasteiger partial charge in [-0.3, -0.25) is 4.79 Å². The van der Waals surface area contributed by atoms with Crippen LogP contribution in [0.4, 0.5) is 0 Å². The summed E-state index contributed by atoms with van der Waals surface area (Å²) in [6.07, 6.45) is 4.59. The van der Waals surface area contributed by atoms with E-state index in [1.54, 1.807) is 0 Å². The number of amides is 1. The zero-order valence-corrected chi connectivity index (χ0v) is 11.4. The second-order valence-corrected chi connectivity index (χ2v) is 6.47. The highest BCUT2D eigenvalue weighted by molar-refractivity contribution is 6.76. The average molecular weight is 303 g/mol. The number of halogens is 3. The number of carbonyl (C=O) groups is 2. The van der Waals surface area contributed by atoms with Crippen molar-refractivity contribution in [2.24, 2.45) is 5.92 Å². The fourth-order valence-electron chi connectivity index (χ4n) is 2.07. The fourth-order valence-corrected chi connectivity index (χ4v) is 2.24. The van der Waals surface area contributed by atoms with Gasteiger partial charge in [-0.05, 0) is 18.8 Å². The molecule has 7 heteroatoms. The van der Waals surface area contributed by atoms with E-state index >= 15 is 0 Å². The average Bonchev–Trinajstić information content (AvgIpc) is 2.25. The summed E-state index contributed by atoms with van der Waals surface area (Å²) >= 11 is 16.2. The number of hydrogen-bond donors (Lipinski definition) is 2. The van der Waals surface area contributed by atoms with Crippen LogP contribution in [-0.4, -0.2) is 26.8 Å². The Bertz CT molecular complexity index is 298. The zero-order chi connectivity index (χ0) is 13.1. The molecule has 0 heterocycles. The molecule has 98 valence electrons. The number of rotatable bonds is 3. The number of carboxylic acids is 1. The maximum absolute atomic E-state index is 11.5. The molecular weight excluding hydrogens is 288 g/mol. The van der Waals surface area contributed by atoms with E-state index in [1.807, 2.05) is 0 Å². The molecule has 1 aliphatic carbocycles. The van der Waals surface area contributed by atoms with Crippen LogP contribution in [0.5, 0.6) is 0 Å². The van der Waals surface area contributed by atoms with E-state index in [2.05, 4.69) is 5.32 Å². The highest BCUT2D eigenvalue weighted by Crippen LogP contribution is 2.29. The molecule has 0 saturated heterocycles. The molecule has 1 rings (SSSR count). The molecular formula is C10H14Cl3NO3. The van der Waals surface area contributed by atoms with Gasteiger partial charge in [-0.1, -0.05) is 54.1 Å². The molecule has 0 unspecified atom stereocenters. The molecule has 1 amide bonds. The minimum Gasteiger partial charge on any atom is -0.480 e. The van der Waals surface area contributed by atoms with Crippen LogP contribution in [0.25, 0.3) is 0 Å². The smallest absolute Gasteiger partial charge is 0.326 e. The topological polar surface area (TPSA) is 66.4 Å². The van der Waals surface area contributed by atoms with E-state index in [4.69, 9.17) is 39.9 Å². The first kappa shape index (κ1) is 14.9. The Morgan fingerprint density at radius 1 is 1.18 bits per heavy atom. The number of carboxylic acid groups (broad SMARTS) is 1. The standard InChI is InChI=1S/C10H14Cl3NO3/c11-10(12,13)9(17)14-7(8(15)16)6-4-2-1-3-5-6/h6-7H,1-5H2,(H,14,17)(H,15,16)/t7-/m0/s1. The molecule has 0 aliphatic heterocycles. The molecule has 2 N–H and O–H groups in total. The molecule has 0 radical (unpaired) electrons. The van der Waals surface area contributed by atoms with Gasteiger partial charge < -0.3 is 10.4 Å². The van der Waals surface area contributed by atoms with Crippen LogP contribution in [0.2, 0.25) is 0 Å². The molecule has 0 spiro atoms. The van der Waals surface area contributed by atoms with Crippen molar-refractivity contribution >= 4 is 46.7 Å². The van der Waals surface area contributed by atoms with Gasteiger partial charge in [-0.2, -0.15) is 0 Å². The first-order chi connectivity index (χ1) is 7.82. The predicted octanol–water partition coefficient (Wildman–Crippen LogP) is 2.51. The SMILES string of the molecule is O=C(O)[C@@H](NC(=O)C(Cl)(Cl)Cl)C1CCCCC1. The lowest BCUT2D eigenvalue weighted by molar-refractivity contribution is -0.143. The predicted molar refractivity (Wildman–Crippen MR) is 66.4 cm³/mol. The zero-order valence-electron chi connectivity index (χ0n) is 9.09. The summed E-state index contributed by atoms with van der Waals surface area (Å²) < 4.78 is -2.12. The number of aliphatic carboxylic acids is 1. The van der Waals surface area contributed by atoms with Crippen molar-refractivity contribution in [2.75, 3.05) is 0 Å². The van der Waals surface area contributed by atoms with E-state index < -0.39 is 21.7 Å². The van der Waals surface area contributed by atoms with Crippen LogP contribution < -0.4 is 5.32 Å². The lowest BCUT2D eigenvalue weighted by Gasteiger charge is -2.28. The minimum absolute atomic E-state index is 0.0856. The first-order valence-corrected chi connectivity index (χ1v) is 6.56. The minimum atomic E-state index is -2.12. The van der Waals surface area contributed by atoms with E-state index in [0.29, 0.717) is 0 Å². The molecule has 1 aliphatic rings. The van der Waals surface area contributed by atoms with Gasteiger partial charge in [0.25, 0.3) is 9.70 Å². The summed E-state index contributed by atoms with van der Waals surface area (Å²) in [6, 6.07) is -0.974. The monoisotopic (exact) mass is 301 g/mol. The lowest BCUT2D eigenvalue weighted by Crippen LogP contribution is -2.50. The summed E-state index contributed by atoms with van der Waals surface area (Å²) in [6.45, 7) is 0. The Hall–Kier alpha value is -0.190. The van der Waals surface area contributed by atoms with E-state index in [0.717, 1.165) is 32.1 Å². The number of alkyl halides is 3. The quantitative estimate of drug-likeness (QED) is 0.787. The summed E-state index contributed by atoms with van der Waals surface area (Å²) in [4.78, 5) is 22.6. The molecule has 1 saturated carbocycles. The van der Waals surface area contributed by atoms with Crippen molar-refractivity contribution in [3.05, 3.63) is 0 Å². The van der Waals surface area contributed by atoms with Crippen molar-refractivity contribution in [3.8, 4) is 0 Å². The normalized spacial score (nSPS) is 19.7. The first-order valence-electron chi connectivity index (χ1n) is 5.43. The molecule has 1 atom stereocenters. The van der Waals surface area contributed by atoms with Gasteiger partial charge in [0, 0.05) is 0 Å². The molecule has 1 fully saturated rings. The maximum Gasteiger partial charge on any atom is 0.326 e. The van der Waals surface area contributed by atoms with Crippen molar-refractivity contribution in [1.29, 1.82) is 0 Å². The lowest BCUT2D eigenvalue weighted by atomic mass is 9.84. The van der Waals surface area contributed by atoms with Crippen LogP contribution in [0.1, 0.15) is 32.1 Å². The third kappa shape index (κ3) is 4.53. The third-order valence-electron chi connectivity index (χ3n) is 2.93. The third-order valence-corrected chi connectivity index (χ3v) is 3.45. The number of carbonyl (C=O) groups excluding carboxylic acids is 1. The molecule has 0 aromatic carbocycles. The molecule has 0 aromatic rings. The van der Waals surface area contributed by atoms with Crippen molar-refractivity contribution in [2.45, 2.75) is 41.9 Å². The van der Waals surface area contributed by atoms with Gasteiger partial charge in [0.1, 0.15) is 6.04 Å². The fraction of sp³-hybridized carbons (Fsp3) is 0.800. The molecule has 0 bridgehead atoms. The van der Waals surface area contributed by atoms with Gasteiger partial charge in [0.15, 0.2) is 0 Å². The Morgan fingerprint density at radius 2 is 1.71 bits per heavy atom. The summed E-state index contributed by atoms with van der Waals surface area (Å²) in [5, 5.41) is 11.4. The summed E-state index contributed by atoms with van der Waals surface area (Å²) in [5.41, 5.74) is 0. The Kier molecular flexibility index (Phi) is 5.35. The molecule has 0 aromatic heterocycles. The van der Waals surface area contributed by atoms with Crippen molar-refractivity contribution < 1.29 is 14.7 Å². The molecule has 17 heavy (non-hydrogen) atoms. The van der Waals surface area contributed by atoms with E-state index in [1.165, 1.54) is 0 Å². The van der Waals surface area contributed by atoms with Crippen molar-refractivity contribution in [1.82, 2.24) is 5.32 Å². The van der Waals surface area contributed by atoms with Gasteiger partial charge >= 0.3 is 5.97 Å². The van der Waals surface area contributed by atoms with E-state index in [-0.39, 0.29) is 5.92 Å². The van der Waals surface area contributed by atoms with Crippen LogP contribution in [0.3, 0.4) is 0 Å². The second-order valence-electron chi connectivity index (χ2n) is 4.19. The van der Waals surface area contributed by atoms with Gasteiger partial charge in [-0.15, -0.1) is 0 Å². The van der Waals surface area contributed by atoms with Crippen LogP contribution >= 0.6 is 34.8 Å². The van der Waals surface area contributed by atoms with Gasteiger partial charge in [-0.25, -0.2) is 4.79 Å². The second kappa shape index (κ2) is 6.12. The Balaban J connectivity index is 2.66. The van der Waals surface area contributed by atoms with Crippen LogP contribution in [0, 0.1) is 5.92 Å².